The topological polar surface area (TPSA) is 59.3 Å². The molecule has 1 aliphatic rings. The van der Waals surface area contributed by atoms with Crippen LogP contribution in [0, 0.1) is 0 Å². The Hall–Kier alpha value is -1.56. The molecule has 0 spiro atoms. The summed E-state index contributed by atoms with van der Waals surface area (Å²) >= 11 is 6.19. The number of benzene rings is 1. The Morgan fingerprint density at radius 1 is 1.35 bits per heavy atom. The molecule has 1 atom stereocenters. The zero-order valence-electron chi connectivity index (χ0n) is 14.5. The minimum absolute atomic E-state index is 0. The van der Waals surface area contributed by atoms with E-state index < -0.39 is 11.9 Å². The van der Waals surface area contributed by atoms with Crippen molar-refractivity contribution in [3.05, 3.63) is 64.4 Å². The number of rotatable bonds is 4. The van der Waals surface area contributed by atoms with Crippen molar-refractivity contribution in [1.82, 2.24) is 4.57 Å². The van der Waals surface area contributed by atoms with Gasteiger partial charge in [-0.15, -0.1) is 0 Å². The van der Waals surface area contributed by atoms with Crippen molar-refractivity contribution in [2.45, 2.75) is 18.9 Å². The van der Waals surface area contributed by atoms with Crippen LogP contribution in [0.4, 0.5) is 0 Å². The number of nitrogens with zero attached hydrogens (tertiary/aromatic N) is 1. The smallest absolute Gasteiger partial charge is 1.00 e. The molecule has 0 saturated carbocycles. The Morgan fingerprint density at radius 2 is 2.00 bits per heavy atom. The van der Waals surface area contributed by atoms with Crippen molar-refractivity contribution < 1.29 is 17.5 Å². The number of aliphatic carboxylic acids is 1. The first-order chi connectivity index (χ1) is 10.5. The zero-order valence-corrected chi connectivity index (χ0v) is 14.6. The van der Waals surface area contributed by atoms with Crippen LogP contribution in [0.3, 0.4) is 0 Å². The van der Waals surface area contributed by atoms with E-state index in [-0.39, 0.29) is 31.7 Å². The number of carboxylic acids is 1. The van der Waals surface area contributed by atoms with Gasteiger partial charge in [0.05, 0.1) is 10.9 Å². The molecule has 1 aliphatic heterocycles. The molecule has 3 rings (SSSR count). The van der Waals surface area contributed by atoms with Crippen molar-refractivity contribution in [3.8, 4) is 0 Å². The number of hydrogen-bond acceptors (Lipinski definition) is 2. The summed E-state index contributed by atoms with van der Waals surface area (Å²) in [7, 11) is 0. The number of fused-ring (bicyclic) bond motifs is 1. The summed E-state index contributed by atoms with van der Waals surface area (Å²) in [6.45, 7) is 4.17. The molecule has 6 heteroatoms. The van der Waals surface area contributed by atoms with Crippen LogP contribution in [0.15, 0.2) is 36.9 Å². The summed E-state index contributed by atoms with van der Waals surface area (Å²) in [5.74, 6) is -1.68. The molecule has 0 aliphatic carbocycles. The minimum atomic E-state index is -0.887. The van der Waals surface area contributed by atoms with Gasteiger partial charge in [-0.2, -0.15) is 0 Å². The van der Waals surface area contributed by atoms with Gasteiger partial charge in [0.1, 0.15) is 5.69 Å². The minimum Gasteiger partial charge on any atom is -1.00 e. The fourth-order valence-electron chi connectivity index (χ4n) is 2.86. The number of aromatic nitrogens is 1. The van der Waals surface area contributed by atoms with Crippen molar-refractivity contribution in [1.29, 1.82) is 0 Å². The molecule has 1 N–H and O–H groups in total. The SMILES string of the molecule is C=Cc1ccc(C(=O)c2c(Cl)cc3n2CCC3C(=O)O)cc1.[H-].[H-].[Mg+2]. The zero-order chi connectivity index (χ0) is 15.9. The van der Waals surface area contributed by atoms with E-state index in [0.29, 0.717) is 34.9 Å². The van der Waals surface area contributed by atoms with E-state index in [2.05, 4.69) is 6.58 Å². The van der Waals surface area contributed by atoms with Gasteiger partial charge in [0, 0.05) is 17.8 Å². The average Bonchev–Trinajstić information content (AvgIpc) is 3.04. The molecule has 116 valence electrons. The molecule has 2 aromatic rings. The number of halogens is 1. The van der Waals surface area contributed by atoms with Crippen molar-refractivity contribution in [2.75, 3.05) is 0 Å². The quantitative estimate of drug-likeness (QED) is 0.684. The van der Waals surface area contributed by atoms with Crippen molar-refractivity contribution in [3.63, 3.8) is 0 Å². The molecule has 0 fully saturated rings. The van der Waals surface area contributed by atoms with Gasteiger partial charge in [-0.25, -0.2) is 0 Å². The number of carbonyl (C=O) groups is 2. The molecular weight excluding hydrogens is 326 g/mol. The predicted octanol–water partition coefficient (Wildman–Crippen LogP) is 3.43. The maximum atomic E-state index is 12.7. The third-order valence-corrected chi connectivity index (χ3v) is 4.29. The molecule has 0 amide bonds. The molecule has 1 unspecified atom stereocenters. The molecule has 0 saturated heterocycles. The van der Waals surface area contributed by atoms with Crippen LogP contribution in [0.25, 0.3) is 6.08 Å². The third kappa shape index (κ3) is 3.09. The van der Waals surface area contributed by atoms with Crippen LogP contribution in [-0.2, 0) is 11.3 Å². The van der Waals surface area contributed by atoms with Gasteiger partial charge in [0.25, 0.3) is 0 Å². The largest absolute Gasteiger partial charge is 2.00 e. The van der Waals surface area contributed by atoms with Crippen LogP contribution in [-0.4, -0.2) is 44.5 Å². The van der Waals surface area contributed by atoms with Gasteiger partial charge >= 0.3 is 29.0 Å². The van der Waals surface area contributed by atoms with Crippen molar-refractivity contribution in [2.24, 2.45) is 0 Å². The molecule has 1 aromatic heterocycles. The maximum absolute atomic E-state index is 12.7. The molecule has 4 nitrogen and oxygen atoms in total. The fourth-order valence-corrected chi connectivity index (χ4v) is 3.16. The fraction of sp³-hybridized carbons (Fsp3) is 0.176. The molecule has 0 radical (unpaired) electrons. The monoisotopic (exact) mass is 341 g/mol. The number of hydrogen-bond donors (Lipinski definition) is 1. The molecule has 0 bridgehead atoms. The summed E-state index contributed by atoms with van der Waals surface area (Å²) in [6, 6.07) is 8.65. The number of ketones is 1. The second-order valence-electron chi connectivity index (χ2n) is 5.25. The van der Waals surface area contributed by atoms with E-state index in [1.165, 1.54) is 0 Å². The third-order valence-electron chi connectivity index (χ3n) is 4.00. The van der Waals surface area contributed by atoms with Crippen LogP contribution < -0.4 is 0 Å². The molecular formula is C17H16ClMgNO3. The summed E-state index contributed by atoms with van der Waals surface area (Å²) in [6.07, 6.45) is 2.19. The van der Waals surface area contributed by atoms with E-state index in [1.54, 1.807) is 28.8 Å². The van der Waals surface area contributed by atoms with E-state index >= 15 is 0 Å². The van der Waals surface area contributed by atoms with Crippen LogP contribution in [0.1, 0.15) is 42.5 Å². The molecule has 23 heavy (non-hydrogen) atoms. The van der Waals surface area contributed by atoms with Gasteiger partial charge in [0.2, 0.25) is 5.78 Å². The first-order valence-electron chi connectivity index (χ1n) is 6.92. The van der Waals surface area contributed by atoms with E-state index in [4.69, 9.17) is 11.6 Å². The van der Waals surface area contributed by atoms with Gasteiger partial charge < -0.3 is 12.5 Å². The van der Waals surface area contributed by atoms with Crippen molar-refractivity contribution >= 4 is 52.5 Å². The first kappa shape index (κ1) is 17.8. The first-order valence-corrected chi connectivity index (χ1v) is 7.29. The van der Waals surface area contributed by atoms with Gasteiger partial charge in [0.15, 0.2) is 0 Å². The van der Waals surface area contributed by atoms with E-state index in [0.717, 1.165) is 5.56 Å². The Kier molecular flexibility index (Phi) is 5.34. The molecule has 2 heterocycles. The van der Waals surface area contributed by atoms with Gasteiger partial charge in [-0.1, -0.05) is 48.5 Å². The predicted molar refractivity (Wildman–Crippen MR) is 92.4 cm³/mol. The Labute approximate surface area is 157 Å². The maximum Gasteiger partial charge on any atom is 2.00 e. The normalized spacial score (nSPS) is 15.6. The summed E-state index contributed by atoms with van der Waals surface area (Å²) in [4.78, 5) is 23.9. The second-order valence-corrected chi connectivity index (χ2v) is 5.66. The van der Waals surface area contributed by atoms with E-state index in [1.807, 2.05) is 12.1 Å². The van der Waals surface area contributed by atoms with Gasteiger partial charge in [-0.3, -0.25) is 9.59 Å². The van der Waals surface area contributed by atoms with Crippen LogP contribution >= 0.6 is 11.6 Å². The van der Waals surface area contributed by atoms with Crippen LogP contribution in [0.2, 0.25) is 5.02 Å². The Morgan fingerprint density at radius 3 is 2.57 bits per heavy atom. The molecule has 1 aromatic carbocycles. The number of carboxylic acid groups (broad SMARTS) is 1. The Bertz CT molecular complexity index is 790. The average molecular weight is 342 g/mol. The Balaban J connectivity index is 0.00000192. The summed E-state index contributed by atoms with van der Waals surface area (Å²) in [5.41, 5.74) is 2.41. The second kappa shape index (κ2) is 6.91. The summed E-state index contributed by atoms with van der Waals surface area (Å²) in [5, 5.41) is 9.53. The van der Waals surface area contributed by atoms with Gasteiger partial charge in [-0.05, 0) is 18.1 Å². The van der Waals surface area contributed by atoms with E-state index in [9.17, 15) is 14.7 Å². The van der Waals surface area contributed by atoms with Crippen LogP contribution in [0.5, 0.6) is 0 Å². The number of carbonyl (C=O) groups excluding carboxylic acids is 1. The standard InChI is InChI=1S/C17H14ClNO3.Mg.2H/c1-2-10-3-5-11(6-4-10)16(20)15-13(18)9-14-12(17(21)22)7-8-19(14)15;;;/h2-6,9,12H,1,7-8H2,(H,21,22);;;/q;+2;2*-1. The summed E-state index contributed by atoms with van der Waals surface area (Å²) < 4.78 is 1.73.